The molecule has 1 heterocycles. The molecular weight excluding hydrogens is 164 g/mol. The zero-order chi connectivity index (χ0) is 9.03. The zero-order valence-corrected chi connectivity index (χ0v) is 9.54. The van der Waals surface area contributed by atoms with Gasteiger partial charge in [-0.15, -0.1) is 0 Å². The normalized spacial score (nSPS) is 29.8. The molecule has 0 spiro atoms. The largest absolute Gasteiger partial charge is 0.161 e. The molecule has 0 amide bonds. The molecule has 0 aromatic carbocycles. The second kappa shape index (κ2) is 4.55. The van der Waals surface area contributed by atoms with Gasteiger partial charge < -0.3 is 0 Å². The second-order valence-electron chi connectivity index (χ2n) is 4.17. The summed E-state index contributed by atoms with van der Waals surface area (Å²) in [6.07, 6.45) is 5.64. The lowest BCUT2D eigenvalue weighted by Crippen LogP contribution is -2.29. The third-order valence-corrected chi connectivity index (χ3v) is 5.13. The van der Waals surface area contributed by atoms with Crippen molar-refractivity contribution in [3.05, 3.63) is 0 Å². The molecule has 72 valence electrons. The highest BCUT2D eigenvalue weighted by molar-refractivity contribution is 7.99. The summed E-state index contributed by atoms with van der Waals surface area (Å²) in [5.41, 5.74) is 0.668. The van der Waals surface area contributed by atoms with Crippen molar-refractivity contribution in [1.82, 2.24) is 0 Å². The van der Waals surface area contributed by atoms with Crippen LogP contribution in [0.3, 0.4) is 0 Å². The summed E-state index contributed by atoms with van der Waals surface area (Å²) >= 11 is 2.18. The molecule has 0 N–H and O–H groups in total. The standard InChI is InChI=1S/C11H22S/c1-4-11(5-2)9-12-8-6-7-10(11)3/h10H,4-9H2,1-3H3. The Morgan fingerprint density at radius 2 is 2.00 bits per heavy atom. The maximum atomic E-state index is 2.46. The minimum atomic E-state index is 0.668. The predicted octanol–water partition coefficient (Wildman–Crippen LogP) is 3.96. The van der Waals surface area contributed by atoms with Gasteiger partial charge in [0, 0.05) is 0 Å². The SMILES string of the molecule is CCC1(CC)CSCCCC1C. The van der Waals surface area contributed by atoms with E-state index in [4.69, 9.17) is 0 Å². The molecule has 1 aliphatic heterocycles. The Kier molecular flexibility index (Phi) is 3.95. The Bertz CT molecular complexity index is 127. The maximum absolute atomic E-state index is 2.46. The van der Waals surface area contributed by atoms with Crippen molar-refractivity contribution >= 4 is 11.8 Å². The van der Waals surface area contributed by atoms with Crippen molar-refractivity contribution in [1.29, 1.82) is 0 Å². The molecule has 12 heavy (non-hydrogen) atoms. The lowest BCUT2D eigenvalue weighted by Gasteiger charge is -2.36. The molecule has 0 aromatic heterocycles. The van der Waals surface area contributed by atoms with E-state index in [2.05, 4.69) is 32.5 Å². The second-order valence-corrected chi connectivity index (χ2v) is 5.27. The van der Waals surface area contributed by atoms with E-state index in [0.29, 0.717) is 5.41 Å². The van der Waals surface area contributed by atoms with Gasteiger partial charge >= 0.3 is 0 Å². The van der Waals surface area contributed by atoms with E-state index in [1.165, 1.54) is 37.2 Å². The fourth-order valence-corrected chi connectivity index (χ4v) is 3.98. The summed E-state index contributed by atoms with van der Waals surface area (Å²) in [7, 11) is 0. The lowest BCUT2D eigenvalue weighted by molar-refractivity contribution is 0.183. The van der Waals surface area contributed by atoms with Gasteiger partial charge in [0.2, 0.25) is 0 Å². The van der Waals surface area contributed by atoms with Crippen molar-refractivity contribution in [3.8, 4) is 0 Å². The molecular formula is C11H22S. The average Bonchev–Trinajstić information content (AvgIpc) is 2.28. The lowest BCUT2D eigenvalue weighted by atomic mass is 9.72. The summed E-state index contributed by atoms with van der Waals surface area (Å²) in [5.74, 6) is 3.75. The van der Waals surface area contributed by atoms with Crippen molar-refractivity contribution in [3.63, 3.8) is 0 Å². The summed E-state index contributed by atoms with van der Waals surface area (Å²) in [4.78, 5) is 0. The molecule has 0 saturated carbocycles. The Balaban J connectivity index is 2.66. The topological polar surface area (TPSA) is 0 Å². The van der Waals surface area contributed by atoms with Crippen molar-refractivity contribution < 1.29 is 0 Å². The van der Waals surface area contributed by atoms with Crippen LogP contribution in [-0.4, -0.2) is 11.5 Å². The van der Waals surface area contributed by atoms with Gasteiger partial charge in [-0.2, -0.15) is 11.8 Å². The molecule has 1 saturated heterocycles. The molecule has 0 aliphatic carbocycles. The minimum Gasteiger partial charge on any atom is -0.161 e. The van der Waals surface area contributed by atoms with Gasteiger partial charge in [0.05, 0.1) is 0 Å². The van der Waals surface area contributed by atoms with Gasteiger partial charge in [-0.1, -0.05) is 20.8 Å². The average molecular weight is 186 g/mol. The fraction of sp³-hybridized carbons (Fsp3) is 1.00. The van der Waals surface area contributed by atoms with Crippen LogP contribution in [0.4, 0.5) is 0 Å². The highest BCUT2D eigenvalue weighted by Gasteiger charge is 2.33. The molecule has 0 radical (unpaired) electrons. The third kappa shape index (κ3) is 1.99. The van der Waals surface area contributed by atoms with Crippen LogP contribution in [0, 0.1) is 11.3 Å². The van der Waals surface area contributed by atoms with Crippen LogP contribution in [0.2, 0.25) is 0 Å². The van der Waals surface area contributed by atoms with Crippen LogP contribution in [0.25, 0.3) is 0 Å². The van der Waals surface area contributed by atoms with Gasteiger partial charge in [-0.05, 0) is 48.5 Å². The quantitative estimate of drug-likeness (QED) is 0.629. The summed E-state index contributed by atoms with van der Waals surface area (Å²) in [5, 5.41) is 0. The highest BCUT2D eigenvalue weighted by Crippen LogP contribution is 2.43. The summed E-state index contributed by atoms with van der Waals surface area (Å²) < 4.78 is 0. The number of thioether (sulfide) groups is 1. The fourth-order valence-electron chi connectivity index (χ4n) is 2.37. The van der Waals surface area contributed by atoms with Crippen LogP contribution in [-0.2, 0) is 0 Å². The van der Waals surface area contributed by atoms with Crippen molar-refractivity contribution in [2.24, 2.45) is 11.3 Å². The predicted molar refractivity (Wildman–Crippen MR) is 58.7 cm³/mol. The van der Waals surface area contributed by atoms with Crippen LogP contribution in [0.5, 0.6) is 0 Å². The number of hydrogen-bond donors (Lipinski definition) is 0. The van der Waals surface area contributed by atoms with E-state index in [0.717, 1.165) is 5.92 Å². The first kappa shape index (κ1) is 10.4. The van der Waals surface area contributed by atoms with Crippen molar-refractivity contribution in [2.75, 3.05) is 11.5 Å². The molecule has 1 heteroatoms. The molecule has 0 bridgehead atoms. The zero-order valence-electron chi connectivity index (χ0n) is 8.73. The maximum Gasteiger partial charge on any atom is -0.000846 e. The number of rotatable bonds is 2. The minimum absolute atomic E-state index is 0.668. The van der Waals surface area contributed by atoms with Gasteiger partial charge in [-0.25, -0.2) is 0 Å². The molecule has 1 aliphatic rings. The van der Waals surface area contributed by atoms with Crippen LogP contribution in [0.1, 0.15) is 46.5 Å². The first-order chi connectivity index (χ1) is 5.75. The Morgan fingerprint density at radius 1 is 1.33 bits per heavy atom. The van der Waals surface area contributed by atoms with E-state index >= 15 is 0 Å². The summed E-state index contributed by atoms with van der Waals surface area (Å²) in [6.45, 7) is 7.19. The van der Waals surface area contributed by atoms with Gasteiger partial charge in [0.15, 0.2) is 0 Å². The van der Waals surface area contributed by atoms with Crippen LogP contribution in [0.15, 0.2) is 0 Å². The molecule has 0 nitrogen and oxygen atoms in total. The van der Waals surface area contributed by atoms with Crippen molar-refractivity contribution in [2.45, 2.75) is 46.5 Å². The Labute approximate surface area is 81.5 Å². The van der Waals surface area contributed by atoms with E-state index < -0.39 is 0 Å². The Morgan fingerprint density at radius 3 is 2.58 bits per heavy atom. The first-order valence-corrected chi connectivity index (χ1v) is 6.48. The van der Waals surface area contributed by atoms with E-state index in [-0.39, 0.29) is 0 Å². The van der Waals surface area contributed by atoms with E-state index in [1.54, 1.807) is 0 Å². The summed E-state index contributed by atoms with van der Waals surface area (Å²) in [6, 6.07) is 0. The van der Waals surface area contributed by atoms with E-state index in [9.17, 15) is 0 Å². The van der Waals surface area contributed by atoms with Gasteiger partial charge in [-0.3, -0.25) is 0 Å². The molecule has 0 aromatic rings. The molecule has 1 rings (SSSR count). The van der Waals surface area contributed by atoms with E-state index in [1.807, 2.05) is 0 Å². The van der Waals surface area contributed by atoms with Crippen LogP contribution < -0.4 is 0 Å². The first-order valence-electron chi connectivity index (χ1n) is 5.33. The van der Waals surface area contributed by atoms with Crippen LogP contribution >= 0.6 is 11.8 Å². The smallest absolute Gasteiger partial charge is 0.000846 e. The third-order valence-electron chi connectivity index (χ3n) is 3.77. The highest BCUT2D eigenvalue weighted by atomic mass is 32.2. The van der Waals surface area contributed by atoms with Gasteiger partial charge in [0.1, 0.15) is 0 Å². The molecule has 1 unspecified atom stereocenters. The monoisotopic (exact) mass is 186 g/mol. The van der Waals surface area contributed by atoms with Gasteiger partial charge in [0.25, 0.3) is 0 Å². The molecule has 1 fully saturated rings. The molecule has 1 atom stereocenters. The Hall–Kier alpha value is 0.350. The number of hydrogen-bond acceptors (Lipinski definition) is 1.